The first-order valence-electron chi connectivity index (χ1n) is 7.10. The van der Waals surface area contributed by atoms with E-state index in [0.29, 0.717) is 5.56 Å². The number of phenols is 1. The molecule has 0 aliphatic carbocycles. The molecular weight excluding hydrogens is 323 g/mol. The minimum absolute atomic E-state index is 0.274. The van der Waals surface area contributed by atoms with Gasteiger partial charge in [-0.05, 0) is 36.8 Å². The van der Waals surface area contributed by atoms with Crippen LogP contribution in [0.5, 0.6) is 5.75 Å². The molecule has 0 saturated heterocycles. The zero-order valence-electron chi connectivity index (χ0n) is 13.0. The smallest absolute Gasteiger partial charge is 0.251 e. The standard InChI is InChI=1S/C17H16F3NO3/c1-9(16(24-2)10-3-5-12(18)6-4-10)21-17(23)11-7-13(19)15(22)14(20)8-11/h3-9,16,22H,1-2H3,(H,21,23)/t9-,16-/m0/s1. The average Bonchev–Trinajstić information content (AvgIpc) is 2.54. The molecule has 2 aromatic carbocycles. The highest BCUT2D eigenvalue weighted by molar-refractivity contribution is 5.94. The molecule has 2 N–H and O–H groups in total. The van der Waals surface area contributed by atoms with E-state index >= 15 is 0 Å². The molecule has 0 fully saturated rings. The van der Waals surface area contributed by atoms with Crippen LogP contribution < -0.4 is 5.32 Å². The Bertz CT molecular complexity index is 711. The number of hydrogen-bond donors (Lipinski definition) is 2. The van der Waals surface area contributed by atoms with Crippen molar-refractivity contribution in [2.75, 3.05) is 7.11 Å². The van der Waals surface area contributed by atoms with Gasteiger partial charge in [0.2, 0.25) is 0 Å². The molecular formula is C17H16F3NO3. The monoisotopic (exact) mass is 339 g/mol. The number of amides is 1. The lowest BCUT2D eigenvalue weighted by atomic mass is 10.0. The lowest BCUT2D eigenvalue weighted by Gasteiger charge is -2.24. The van der Waals surface area contributed by atoms with Gasteiger partial charge in [-0.2, -0.15) is 0 Å². The fourth-order valence-corrected chi connectivity index (χ4v) is 2.34. The minimum atomic E-state index is -1.23. The molecule has 0 unspecified atom stereocenters. The van der Waals surface area contributed by atoms with Crippen LogP contribution in [0, 0.1) is 17.5 Å². The van der Waals surface area contributed by atoms with Gasteiger partial charge in [0, 0.05) is 12.7 Å². The number of carbonyl (C=O) groups is 1. The van der Waals surface area contributed by atoms with Crippen molar-refractivity contribution in [3.63, 3.8) is 0 Å². The first-order chi connectivity index (χ1) is 11.3. The van der Waals surface area contributed by atoms with Gasteiger partial charge < -0.3 is 15.2 Å². The molecule has 0 aliphatic heterocycles. The second-order valence-corrected chi connectivity index (χ2v) is 5.26. The van der Waals surface area contributed by atoms with E-state index in [0.717, 1.165) is 12.1 Å². The van der Waals surface area contributed by atoms with Gasteiger partial charge in [0.1, 0.15) is 11.9 Å². The summed E-state index contributed by atoms with van der Waals surface area (Å²) in [6.07, 6.45) is -0.582. The second-order valence-electron chi connectivity index (χ2n) is 5.26. The van der Waals surface area contributed by atoms with Crippen molar-refractivity contribution in [3.05, 3.63) is 65.0 Å². The van der Waals surface area contributed by atoms with E-state index < -0.39 is 41.3 Å². The average molecular weight is 339 g/mol. The molecule has 2 aromatic rings. The predicted molar refractivity (Wildman–Crippen MR) is 81.1 cm³/mol. The van der Waals surface area contributed by atoms with Crippen LogP contribution in [0.1, 0.15) is 28.9 Å². The van der Waals surface area contributed by atoms with Crippen LogP contribution in [-0.2, 0) is 4.74 Å². The number of rotatable bonds is 5. The number of halogens is 3. The van der Waals surface area contributed by atoms with Crippen LogP contribution in [0.3, 0.4) is 0 Å². The fraction of sp³-hybridized carbons (Fsp3) is 0.235. The Morgan fingerprint density at radius 1 is 1.12 bits per heavy atom. The highest BCUT2D eigenvalue weighted by Crippen LogP contribution is 2.23. The van der Waals surface area contributed by atoms with Gasteiger partial charge in [0.15, 0.2) is 17.4 Å². The van der Waals surface area contributed by atoms with E-state index in [1.165, 1.54) is 31.4 Å². The molecule has 0 aromatic heterocycles. The predicted octanol–water partition coefficient (Wildman–Crippen LogP) is 3.32. The Kier molecular flexibility index (Phi) is 5.46. The van der Waals surface area contributed by atoms with Crippen molar-refractivity contribution in [2.45, 2.75) is 19.1 Å². The van der Waals surface area contributed by atoms with E-state index in [-0.39, 0.29) is 5.56 Å². The quantitative estimate of drug-likeness (QED) is 0.879. The summed E-state index contributed by atoms with van der Waals surface area (Å²) in [6.45, 7) is 1.64. The van der Waals surface area contributed by atoms with Crippen LogP contribution in [0.25, 0.3) is 0 Å². The molecule has 0 spiro atoms. The van der Waals surface area contributed by atoms with Crippen LogP contribution in [0.15, 0.2) is 36.4 Å². The molecule has 1 amide bonds. The molecule has 128 valence electrons. The van der Waals surface area contributed by atoms with E-state index in [9.17, 15) is 18.0 Å². The molecule has 2 atom stereocenters. The van der Waals surface area contributed by atoms with Gasteiger partial charge in [-0.15, -0.1) is 0 Å². The number of ether oxygens (including phenoxy) is 1. The third kappa shape index (κ3) is 3.86. The van der Waals surface area contributed by atoms with Crippen LogP contribution in [0.2, 0.25) is 0 Å². The molecule has 7 heteroatoms. The van der Waals surface area contributed by atoms with Crippen LogP contribution in [0.4, 0.5) is 13.2 Å². The maximum Gasteiger partial charge on any atom is 0.251 e. The number of benzene rings is 2. The van der Waals surface area contributed by atoms with Crippen molar-refractivity contribution in [2.24, 2.45) is 0 Å². The molecule has 4 nitrogen and oxygen atoms in total. The fourth-order valence-electron chi connectivity index (χ4n) is 2.34. The summed E-state index contributed by atoms with van der Waals surface area (Å²) in [5.41, 5.74) is 0.360. The topological polar surface area (TPSA) is 58.6 Å². The molecule has 0 aliphatic rings. The van der Waals surface area contributed by atoms with Gasteiger partial charge in [0.25, 0.3) is 5.91 Å². The summed E-state index contributed by atoms with van der Waals surface area (Å²) in [7, 11) is 1.43. The lowest BCUT2D eigenvalue weighted by molar-refractivity contribution is 0.0644. The number of carbonyl (C=O) groups excluding carboxylic acids is 1. The summed E-state index contributed by atoms with van der Waals surface area (Å²) < 4.78 is 45.0. The molecule has 24 heavy (non-hydrogen) atoms. The first-order valence-corrected chi connectivity index (χ1v) is 7.10. The summed E-state index contributed by atoms with van der Waals surface area (Å²) >= 11 is 0. The largest absolute Gasteiger partial charge is 0.503 e. The van der Waals surface area contributed by atoms with Crippen molar-refractivity contribution in [1.29, 1.82) is 0 Å². The van der Waals surface area contributed by atoms with Gasteiger partial charge >= 0.3 is 0 Å². The Morgan fingerprint density at radius 2 is 1.67 bits per heavy atom. The Labute approximate surface area is 136 Å². The molecule has 0 radical (unpaired) electrons. The van der Waals surface area contributed by atoms with E-state index in [4.69, 9.17) is 9.84 Å². The van der Waals surface area contributed by atoms with Crippen molar-refractivity contribution < 1.29 is 27.8 Å². The highest BCUT2D eigenvalue weighted by Gasteiger charge is 2.22. The van der Waals surface area contributed by atoms with Gasteiger partial charge in [-0.1, -0.05) is 12.1 Å². The van der Waals surface area contributed by atoms with Gasteiger partial charge in [-0.25, -0.2) is 13.2 Å². The zero-order valence-corrected chi connectivity index (χ0v) is 13.0. The number of nitrogens with one attached hydrogen (secondary N) is 1. The van der Waals surface area contributed by atoms with Crippen LogP contribution >= 0.6 is 0 Å². The van der Waals surface area contributed by atoms with Gasteiger partial charge in [0.05, 0.1) is 6.04 Å². The van der Waals surface area contributed by atoms with E-state index in [1.807, 2.05) is 0 Å². The molecule has 0 bridgehead atoms. The Morgan fingerprint density at radius 3 is 2.17 bits per heavy atom. The molecule has 0 heterocycles. The normalized spacial score (nSPS) is 13.4. The maximum absolute atomic E-state index is 13.3. The van der Waals surface area contributed by atoms with Gasteiger partial charge in [-0.3, -0.25) is 4.79 Å². The number of aromatic hydroxyl groups is 1. The van der Waals surface area contributed by atoms with Crippen molar-refractivity contribution in [1.82, 2.24) is 5.32 Å². The summed E-state index contributed by atoms with van der Waals surface area (Å²) in [5, 5.41) is 11.6. The maximum atomic E-state index is 13.3. The van der Waals surface area contributed by atoms with Crippen LogP contribution in [-0.4, -0.2) is 24.2 Å². The molecule has 2 rings (SSSR count). The third-order valence-electron chi connectivity index (χ3n) is 3.54. The van der Waals surface area contributed by atoms with Crippen molar-refractivity contribution in [3.8, 4) is 5.75 Å². The van der Waals surface area contributed by atoms with E-state index in [2.05, 4.69) is 5.32 Å². The zero-order chi connectivity index (χ0) is 17.9. The van der Waals surface area contributed by atoms with E-state index in [1.54, 1.807) is 6.92 Å². The lowest BCUT2D eigenvalue weighted by Crippen LogP contribution is -2.37. The Hall–Kier alpha value is -2.54. The minimum Gasteiger partial charge on any atom is -0.503 e. The summed E-state index contributed by atoms with van der Waals surface area (Å²) in [4.78, 5) is 12.1. The summed E-state index contributed by atoms with van der Waals surface area (Å²) in [6, 6.07) is 6.48. The SMILES string of the molecule is CO[C@H](c1ccc(F)cc1)[C@H](C)NC(=O)c1cc(F)c(O)c(F)c1. The Balaban J connectivity index is 2.16. The second kappa shape index (κ2) is 7.35. The highest BCUT2D eigenvalue weighted by atomic mass is 19.1. The number of hydrogen-bond acceptors (Lipinski definition) is 3. The summed E-state index contributed by atoms with van der Waals surface area (Å²) in [5.74, 6) is -4.73. The molecule has 0 saturated carbocycles. The number of phenolic OH excluding ortho intramolecular Hbond substituents is 1. The first kappa shape index (κ1) is 17.8. The number of methoxy groups -OCH3 is 1. The van der Waals surface area contributed by atoms with Crippen molar-refractivity contribution >= 4 is 5.91 Å². The third-order valence-corrected chi connectivity index (χ3v) is 3.54.